The number of methoxy groups -OCH3 is 1. The van der Waals surface area contributed by atoms with Crippen LogP contribution >= 0.6 is 0 Å². The van der Waals surface area contributed by atoms with Crippen molar-refractivity contribution in [3.8, 4) is 0 Å². The predicted octanol–water partition coefficient (Wildman–Crippen LogP) is 1.21. The molecule has 58 valence electrons. The Labute approximate surface area is 61.4 Å². The molecule has 0 saturated heterocycles. The second-order valence-electron chi connectivity index (χ2n) is 1.62. The van der Waals surface area contributed by atoms with Gasteiger partial charge in [-0.3, -0.25) is 0 Å². The van der Waals surface area contributed by atoms with Crippen molar-refractivity contribution in [1.82, 2.24) is 0 Å². The van der Waals surface area contributed by atoms with Gasteiger partial charge in [0, 0.05) is 13.3 Å². The highest BCUT2D eigenvalue weighted by atomic mass is 16.5. The first-order valence-corrected chi connectivity index (χ1v) is 3.10. The molecule has 0 spiro atoms. The molecule has 0 aromatic rings. The Morgan fingerprint density at radius 2 is 2.30 bits per heavy atom. The summed E-state index contributed by atoms with van der Waals surface area (Å²) in [7, 11) is 1.62. The summed E-state index contributed by atoms with van der Waals surface area (Å²) in [6.07, 6.45) is 1.63. The summed E-state index contributed by atoms with van der Waals surface area (Å²) in [6.45, 7) is 6.43. The number of hydrogen-bond acceptors (Lipinski definition) is 3. The summed E-state index contributed by atoms with van der Waals surface area (Å²) < 4.78 is 9.76. The van der Waals surface area contributed by atoms with Crippen molar-refractivity contribution in [2.75, 3.05) is 20.3 Å². The SMILES string of the molecule is C=C(/N=C\C)OCCOC. The third kappa shape index (κ3) is 5.31. The maximum absolute atomic E-state index is 5.01. The molecule has 0 unspecified atom stereocenters. The Hall–Kier alpha value is -0.830. The number of hydrogen-bond donors (Lipinski definition) is 0. The zero-order chi connectivity index (χ0) is 7.82. The van der Waals surface area contributed by atoms with Crippen LogP contribution < -0.4 is 0 Å². The largest absolute Gasteiger partial charge is 0.476 e. The lowest BCUT2D eigenvalue weighted by Crippen LogP contribution is -1.99. The van der Waals surface area contributed by atoms with Crippen LogP contribution in [-0.2, 0) is 9.47 Å². The van der Waals surface area contributed by atoms with Gasteiger partial charge in [-0.2, -0.15) is 0 Å². The first kappa shape index (κ1) is 9.17. The van der Waals surface area contributed by atoms with Crippen molar-refractivity contribution in [3.63, 3.8) is 0 Å². The number of ether oxygens (including phenoxy) is 2. The molecule has 0 aromatic carbocycles. The third-order valence-electron chi connectivity index (χ3n) is 0.829. The van der Waals surface area contributed by atoms with Crippen LogP contribution in [0.25, 0.3) is 0 Å². The van der Waals surface area contributed by atoms with E-state index in [4.69, 9.17) is 9.47 Å². The van der Waals surface area contributed by atoms with Gasteiger partial charge in [-0.15, -0.1) is 0 Å². The monoisotopic (exact) mass is 143 g/mol. The summed E-state index contributed by atoms with van der Waals surface area (Å²) in [5.41, 5.74) is 0. The molecule has 0 radical (unpaired) electrons. The quantitative estimate of drug-likeness (QED) is 0.329. The Morgan fingerprint density at radius 1 is 1.60 bits per heavy atom. The van der Waals surface area contributed by atoms with Crippen molar-refractivity contribution < 1.29 is 9.47 Å². The highest BCUT2D eigenvalue weighted by Gasteiger charge is 1.87. The van der Waals surface area contributed by atoms with Crippen molar-refractivity contribution in [3.05, 3.63) is 12.5 Å². The molecule has 0 bridgehead atoms. The van der Waals surface area contributed by atoms with Gasteiger partial charge in [0.1, 0.15) is 6.61 Å². The molecule has 0 amide bonds. The second-order valence-corrected chi connectivity index (χ2v) is 1.62. The molecule has 0 atom stereocenters. The van der Waals surface area contributed by atoms with Crippen LogP contribution in [-0.4, -0.2) is 26.5 Å². The van der Waals surface area contributed by atoms with Crippen LogP contribution in [0.5, 0.6) is 0 Å². The molecule has 3 heteroatoms. The fourth-order valence-electron chi connectivity index (χ4n) is 0.424. The van der Waals surface area contributed by atoms with Gasteiger partial charge >= 0.3 is 0 Å². The molecule has 0 aliphatic heterocycles. The smallest absolute Gasteiger partial charge is 0.205 e. The van der Waals surface area contributed by atoms with Crippen molar-refractivity contribution >= 4 is 6.21 Å². The predicted molar refractivity (Wildman–Crippen MR) is 41.1 cm³/mol. The highest BCUT2D eigenvalue weighted by Crippen LogP contribution is 1.92. The molecule has 0 aliphatic carbocycles. The van der Waals surface area contributed by atoms with Gasteiger partial charge in [-0.1, -0.05) is 0 Å². The maximum Gasteiger partial charge on any atom is 0.205 e. The molecule has 0 saturated carbocycles. The zero-order valence-corrected chi connectivity index (χ0v) is 6.46. The van der Waals surface area contributed by atoms with Crippen LogP contribution in [0.15, 0.2) is 17.5 Å². The fourth-order valence-corrected chi connectivity index (χ4v) is 0.424. The zero-order valence-electron chi connectivity index (χ0n) is 6.46. The minimum Gasteiger partial charge on any atom is -0.476 e. The lowest BCUT2D eigenvalue weighted by Gasteiger charge is -2.02. The fraction of sp³-hybridized carbons (Fsp3) is 0.571. The van der Waals surface area contributed by atoms with E-state index >= 15 is 0 Å². The van der Waals surface area contributed by atoms with Crippen LogP contribution in [0.2, 0.25) is 0 Å². The van der Waals surface area contributed by atoms with Gasteiger partial charge in [0.2, 0.25) is 5.88 Å². The van der Waals surface area contributed by atoms with Crippen LogP contribution in [0.4, 0.5) is 0 Å². The van der Waals surface area contributed by atoms with E-state index < -0.39 is 0 Å². The molecular weight excluding hydrogens is 130 g/mol. The van der Waals surface area contributed by atoms with E-state index in [1.54, 1.807) is 13.3 Å². The standard InChI is InChI=1S/C7H13NO2/c1-4-8-7(2)10-6-5-9-3/h4H,2,5-6H2,1,3H3/b8-4-. The normalized spacial score (nSPS) is 10.2. The molecule has 0 aliphatic rings. The summed E-state index contributed by atoms with van der Waals surface area (Å²) in [4.78, 5) is 3.80. The van der Waals surface area contributed by atoms with Gasteiger partial charge in [0.15, 0.2) is 0 Å². The minimum absolute atomic E-state index is 0.430. The third-order valence-corrected chi connectivity index (χ3v) is 0.829. The summed E-state index contributed by atoms with van der Waals surface area (Å²) in [5.74, 6) is 0.430. The first-order chi connectivity index (χ1) is 4.81. The number of aliphatic imine (C=N–C) groups is 1. The van der Waals surface area contributed by atoms with E-state index in [0.717, 1.165) is 0 Å². The summed E-state index contributed by atoms with van der Waals surface area (Å²) in [5, 5.41) is 0. The molecule has 0 fully saturated rings. The summed E-state index contributed by atoms with van der Waals surface area (Å²) >= 11 is 0. The van der Waals surface area contributed by atoms with Gasteiger partial charge in [-0.25, -0.2) is 4.99 Å². The van der Waals surface area contributed by atoms with Crippen molar-refractivity contribution in [2.24, 2.45) is 4.99 Å². The Morgan fingerprint density at radius 3 is 2.80 bits per heavy atom. The van der Waals surface area contributed by atoms with Crippen molar-refractivity contribution in [1.29, 1.82) is 0 Å². The van der Waals surface area contributed by atoms with Gasteiger partial charge in [0.25, 0.3) is 0 Å². The highest BCUT2D eigenvalue weighted by molar-refractivity contribution is 5.54. The topological polar surface area (TPSA) is 30.8 Å². The molecule has 0 N–H and O–H groups in total. The Balaban J connectivity index is 3.22. The number of nitrogens with zero attached hydrogens (tertiary/aromatic N) is 1. The van der Waals surface area contributed by atoms with Crippen LogP contribution in [0.3, 0.4) is 0 Å². The molecule has 0 aromatic heterocycles. The average molecular weight is 143 g/mol. The molecular formula is C7H13NO2. The van der Waals surface area contributed by atoms with Crippen LogP contribution in [0.1, 0.15) is 6.92 Å². The molecule has 0 heterocycles. The lowest BCUT2D eigenvalue weighted by atomic mass is 10.7. The van der Waals surface area contributed by atoms with E-state index in [1.165, 1.54) is 0 Å². The Kier molecular flexibility index (Phi) is 5.77. The maximum atomic E-state index is 5.01. The average Bonchev–Trinajstić information content (AvgIpc) is 1.89. The molecule has 10 heavy (non-hydrogen) atoms. The van der Waals surface area contributed by atoms with E-state index in [2.05, 4.69) is 11.6 Å². The van der Waals surface area contributed by atoms with Gasteiger partial charge in [-0.05, 0) is 13.5 Å². The Bertz CT molecular complexity index is 121. The minimum atomic E-state index is 0.430. The van der Waals surface area contributed by atoms with E-state index in [9.17, 15) is 0 Å². The van der Waals surface area contributed by atoms with E-state index in [0.29, 0.717) is 19.1 Å². The van der Waals surface area contributed by atoms with Gasteiger partial charge < -0.3 is 9.47 Å². The summed E-state index contributed by atoms with van der Waals surface area (Å²) in [6, 6.07) is 0. The van der Waals surface area contributed by atoms with Crippen LogP contribution in [0, 0.1) is 0 Å². The van der Waals surface area contributed by atoms with Crippen molar-refractivity contribution in [2.45, 2.75) is 6.92 Å². The van der Waals surface area contributed by atoms with Gasteiger partial charge in [0.05, 0.1) is 6.61 Å². The number of rotatable bonds is 5. The lowest BCUT2D eigenvalue weighted by molar-refractivity contribution is 0.110. The first-order valence-electron chi connectivity index (χ1n) is 3.10. The van der Waals surface area contributed by atoms with E-state index in [-0.39, 0.29) is 0 Å². The second kappa shape index (κ2) is 6.29. The molecule has 3 nitrogen and oxygen atoms in total. The van der Waals surface area contributed by atoms with E-state index in [1.807, 2.05) is 6.92 Å². The molecule has 0 rings (SSSR count).